The van der Waals surface area contributed by atoms with E-state index in [-0.39, 0.29) is 10.6 Å². The van der Waals surface area contributed by atoms with Gasteiger partial charge in [-0.25, -0.2) is 0 Å². The minimum atomic E-state index is -0.316. The number of unbranched alkanes of at least 4 members (excludes halogenated alkanes) is 1. The van der Waals surface area contributed by atoms with Crippen LogP contribution in [0.5, 0.6) is 0 Å². The number of anilines is 1. The standard InChI is InChI=1S/C12H18N2O2/c1-3-5-8-13-11-7-6-10(4-2)12(9-11)14(15)16/h6-7,9,13H,3-5,8H2,1-2H3. The van der Waals surface area contributed by atoms with E-state index in [0.717, 1.165) is 30.6 Å². The van der Waals surface area contributed by atoms with Crippen LogP contribution in [-0.4, -0.2) is 11.5 Å². The average Bonchev–Trinajstić information content (AvgIpc) is 2.29. The SMILES string of the molecule is CCCCNc1ccc(CC)c([N+](=O)[O-])c1. The molecule has 0 aliphatic rings. The Kier molecular flexibility index (Phi) is 4.76. The van der Waals surface area contributed by atoms with Crippen LogP contribution in [0.25, 0.3) is 0 Å². The summed E-state index contributed by atoms with van der Waals surface area (Å²) in [6.07, 6.45) is 2.87. The largest absolute Gasteiger partial charge is 0.385 e. The van der Waals surface area contributed by atoms with Crippen LogP contribution < -0.4 is 5.32 Å². The average molecular weight is 222 g/mol. The third-order valence-electron chi connectivity index (χ3n) is 2.52. The van der Waals surface area contributed by atoms with Crippen molar-refractivity contribution < 1.29 is 4.92 Å². The monoisotopic (exact) mass is 222 g/mol. The van der Waals surface area contributed by atoms with Gasteiger partial charge in [0.15, 0.2) is 0 Å². The highest BCUT2D eigenvalue weighted by Crippen LogP contribution is 2.23. The van der Waals surface area contributed by atoms with E-state index in [9.17, 15) is 10.1 Å². The van der Waals surface area contributed by atoms with Crippen LogP contribution in [0, 0.1) is 10.1 Å². The molecule has 0 radical (unpaired) electrons. The van der Waals surface area contributed by atoms with Gasteiger partial charge in [0.25, 0.3) is 5.69 Å². The van der Waals surface area contributed by atoms with Gasteiger partial charge >= 0.3 is 0 Å². The van der Waals surface area contributed by atoms with Gasteiger partial charge in [0.1, 0.15) is 0 Å². The van der Waals surface area contributed by atoms with Gasteiger partial charge in [-0.05, 0) is 18.9 Å². The topological polar surface area (TPSA) is 55.2 Å². The lowest BCUT2D eigenvalue weighted by atomic mass is 10.1. The molecule has 0 aliphatic heterocycles. The number of nitrogens with zero attached hydrogens (tertiary/aromatic N) is 1. The van der Waals surface area contributed by atoms with Crippen molar-refractivity contribution >= 4 is 11.4 Å². The first-order valence-electron chi connectivity index (χ1n) is 5.70. The van der Waals surface area contributed by atoms with Crippen molar-refractivity contribution in [1.82, 2.24) is 0 Å². The van der Waals surface area contributed by atoms with E-state index in [1.165, 1.54) is 0 Å². The van der Waals surface area contributed by atoms with Gasteiger partial charge in [0.2, 0.25) is 0 Å². The van der Waals surface area contributed by atoms with Gasteiger partial charge < -0.3 is 5.32 Å². The number of nitro benzene ring substituents is 1. The molecule has 4 nitrogen and oxygen atoms in total. The highest BCUT2D eigenvalue weighted by atomic mass is 16.6. The Bertz CT molecular complexity index is 364. The lowest BCUT2D eigenvalue weighted by Gasteiger charge is -2.07. The first kappa shape index (κ1) is 12.5. The lowest BCUT2D eigenvalue weighted by molar-refractivity contribution is -0.385. The van der Waals surface area contributed by atoms with E-state index >= 15 is 0 Å². The summed E-state index contributed by atoms with van der Waals surface area (Å²) in [4.78, 5) is 10.5. The summed E-state index contributed by atoms with van der Waals surface area (Å²) in [5, 5.41) is 14.0. The molecular formula is C12H18N2O2. The van der Waals surface area contributed by atoms with Crippen molar-refractivity contribution in [3.8, 4) is 0 Å². The molecule has 0 unspecified atom stereocenters. The maximum Gasteiger partial charge on any atom is 0.274 e. The normalized spacial score (nSPS) is 10.1. The molecule has 0 atom stereocenters. The van der Waals surface area contributed by atoms with E-state index < -0.39 is 0 Å². The maximum atomic E-state index is 10.8. The molecule has 0 heterocycles. The van der Waals surface area contributed by atoms with E-state index in [4.69, 9.17) is 0 Å². The highest BCUT2D eigenvalue weighted by Gasteiger charge is 2.12. The number of rotatable bonds is 6. The van der Waals surface area contributed by atoms with Crippen LogP contribution in [0.15, 0.2) is 18.2 Å². The summed E-state index contributed by atoms with van der Waals surface area (Å²) in [6.45, 7) is 4.90. The molecule has 1 aromatic carbocycles. The third kappa shape index (κ3) is 3.22. The molecule has 0 spiro atoms. The van der Waals surface area contributed by atoms with Gasteiger partial charge in [-0.3, -0.25) is 10.1 Å². The molecule has 1 rings (SSSR count). The first-order valence-corrected chi connectivity index (χ1v) is 5.70. The van der Waals surface area contributed by atoms with E-state index in [0.29, 0.717) is 6.42 Å². The van der Waals surface area contributed by atoms with Crippen molar-refractivity contribution in [2.75, 3.05) is 11.9 Å². The van der Waals surface area contributed by atoms with Crippen LogP contribution in [0.2, 0.25) is 0 Å². The van der Waals surface area contributed by atoms with Crippen LogP contribution >= 0.6 is 0 Å². The van der Waals surface area contributed by atoms with Crippen LogP contribution in [0.3, 0.4) is 0 Å². The molecule has 0 bridgehead atoms. The van der Waals surface area contributed by atoms with Gasteiger partial charge in [-0.1, -0.05) is 26.3 Å². The minimum Gasteiger partial charge on any atom is -0.385 e. The molecule has 1 N–H and O–H groups in total. The fraction of sp³-hybridized carbons (Fsp3) is 0.500. The Morgan fingerprint density at radius 1 is 1.38 bits per heavy atom. The Hall–Kier alpha value is -1.58. The lowest BCUT2D eigenvalue weighted by Crippen LogP contribution is -2.02. The van der Waals surface area contributed by atoms with Gasteiger partial charge in [0, 0.05) is 23.9 Å². The van der Waals surface area contributed by atoms with E-state index in [1.54, 1.807) is 6.07 Å². The fourth-order valence-corrected chi connectivity index (χ4v) is 1.55. The van der Waals surface area contributed by atoms with Gasteiger partial charge in [-0.15, -0.1) is 0 Å². The summed E-state index contributed by atoms with van der Waals surface area (Å²) in [6, 6.07) is 5.35. The molecule has 1 aromatic rings. The number of nitro groups is 1. The number of aryl methyl sites for hydroxylation is 1. The molecule has 0 aliphatic carbocycles. The number of benzene rings is 1. The number of nitrogens with one attached hydrogen (secondary N) is 1. The highest BCUT2D eigenvalue weighted by molar-refractivity contribution is 5.55. The zero-order valence-corrected chi connectivity index (χ0v) is 9.82. The number of hydrogen-bond acceptors (Lipinski definition) is 3. The maximum absolute atomic E-state index is 10.8. The second-order valence-electron chi connectivity index (χ2n) is 3.73. The van der Waals surface area contributed by atoms with Crippen molar-refractivity contribution in [2.24, 2.45) is 0 Å². The fourth-order valence-electron chi connectivity index (χ4n) is 1.55. The number of hydrogen-bond donors (Lipinski definition) is 1. The van der Waals surface area contributed by atoms with Gasteiger partial charge in [-0.2, -0.15) is 0 Å². The molecule has 0 fully saturated rings. The van der Waals surface area contributed by atoms with Crippen LogP contribution in [0.4, 0.5) is 11.4 Å². The predicted molar refractivity (Wildman–Crippen MR) is 65.9 cm³/mol. The summed E-state index contributed by atoms with van der Waals surface area (Å²) in [5.74, 6) is 0. The Labute approximate surface area is 95.8 Å². The van der Waals surface area contributed by atoms with Crippen LogP contribution in [-0.2, 0) is 6.42 Å². The summed E-state index contributed by atoms with van der Waals surface area (Å²) in [7, 11) is 0. The second kappa shape index (κ2) is 6.10. The molecule has 0 aromatic heterocycles. The quantitative estimate of drug-likeness (QED) is 0.456. The Morgan fingerprint density at radius 3 is 2.69 bits per heavy atom. The molecule has 0 saturated heterocycles. The molecule has 0 amide bonds. The van der Waals surface area contributed by atoms with E-state index in [1.807, 2.05) is 19.1 Å². The summed E-state index contributed by atoms with van der Waals surface area (Å²) in [5.41, 5.74) is 1.83. The molecule has 0 saturated carbocycles. The molecule has 88 valence electrons. The molecular weight excluding hydrogens is 204 g/mol. The second-order valence-corrected chi connectivity index (χ2v) is 3.73. The van der Waals surface area contributed by atoms with Gasteiger partial charge in [0.05, 0.1) is 4.92 Å². The van der Waals surface area contributed by atoms with Crippen molar-refractivity contribution in [3.05, 3.63) is 33.9 Å². The van der Waals surface area contributed by atoms with Crippen molar-refractivity contribution in [2.45, 2.75) is 33.1 Å². The first-order chi connectivity index (χ1) is 7.69. The zero-order chi connectivity index (χ0) is 12.0. The van der Waals surface area contributed by atoms with E-state index in [2.05, 4.69) is 12.2 Å². The van der Waals surface area contributed by atoms with Crippen molar-refractivity contribution in [3.63, 3.8) is 0 Å². The summed E-state index contributed by atoms with van der Waals surface area (Å²) >= 11 is 0. The molecule has 4 heteroatoms. The minimum absolute atomic E-state index is 0.212. The molecule has 16 heavy (non-hydrogen) atoms. The van der Waals surface area contributed by atoms with Crippen LogP contribution in [0.1, 0.15) is 32.3 Å². The zero-order valence-electron chi connectivity index (χ0n) is 9.82. The van der Waals surface area contributed by atoms with Crippen molar-refractivity contribution in [1.29, 1.82) is 0 Å². The summed E-state index contributed by atoms with van der Waals surface area (Å²) < 4.78 is 0. The third-order valence-corrected chi connectivity index (χ3v) is 2.52. The Morgan fingerprint density at radius 2 is 2.12 bits per heavy atom. The predicted octanol–water partition coefficient (Wildman–Crippen LogP) is 3.37. The Balaban J connectivity index is 2.81. The smallest absolute Gasteiger partial charge is 0.274 e.